The number of hydrogen-bond acceptors (Lipinski definition) is 5. The molecule has 1 aromatic rings. The molecule has 27 heavy (non-hydrogen) atoms. The zero-order valence-corrected chi connectivity index (χ0v) is 17.4. The van der Waals surface area contributed by atoms with Crippen molar-refractivity contribution in [1.82, 2.24) is 20.0 Å². The fourth-order valence-electron chi connectivity index (χ4n) is 3.23. The fourth-order valence-corrected chi connectivity index (χ4v) is 3.23. The van der Waals surface area contributed by atoms with Gasteiger partial charge in [-0.15, -0.1) is 0 Å². The summed E-state index contributed by atoms with van der Waals surface area (Å²) < 4.78 is 7.24. The molecule has 1 saturated heterocycles. The summed E-state index contributed by atoms with van der Waals surface area (Å²) in [5.41, 5.74) is 1.94. The van der Waals surface area contributed by atoms with Gasteiger partial charge < -0.3 is 15.4 Å². The van der Waals surface area contributed by atoms with E-state index in [9.17, 15) is 9.59 Å². The Balaban J connectivity index is 1.94. The molecule has 152 valence electrons. The number of aryl methyl sites for hydroxylation is 1. The number of nitrogens with one attached hydrogen (secondary N) is 2. The number of rotatable bonds is 6. The van der Waals surface area contributed by atoms with Gasteiger partial charge in [0, 0.05) is 31.7 Å². The molecule has 1 aliphatic heterocycles. The first-order valence-electron chi connectivity index (χ1n) is 9.58. The molecule has 2 amide bonds. The van der Waals surface area contributed by atoms with Gasteiger partial charge in [-0.25, -0.2) is 0 Å². The minimum Gasteiger partial charge on any atom is -0.379 e. The van der Waals surface area contributed by atoms with Crippen LogP contribution >= 0.6 is 0 Å². The number of amides is 2. The predicted octanol–water partition coefficient (Wildman–Crippen LogP) is 1.32. The number of carbonyl (C=O) groups excluding carboxylic acids is 2. The highest BCUT2D eigenvalue weighted by Crippen LogP contribution is 2.20. The minimum absolute atomic E-state index is 0.242. The lowest BCUT2D eigenvalue weighted by Gasteiger charge is -2.40. The van der Waals surface area contributed by atoms with Crippen LogP contribution in [0.25, 0.3) is 0 Å². The van der Waals surface area contributed by atoms with Gasteiger partial charge >= 0.3 is 11.8 Å². The van der Waals surface area contributed by atoms with E-state index in [1.54, 1.807) is 0 Å². The molecule has 2 N–H and O–H groups in total. The smallest absolute Gasteiger partial charge is 0.313 e. The van der Waals surface area contributed by atoms with Gasteiger partial charge in [-0.1, -0.05) is 13.8 Å². The van der Waals surface area contributed by atoms with Crippen LogP contribution < -0.4 is 10.6 Å². The van der Waals surface area contributed by atoms with Crippen LogP contribution in [-0.4, -0.2) is 64.9 Å². The molecular formula is C19H33N5O3. The average Bonchev–Trinajstić information content (AvgIpc) is 2.87. The Labute approximate surface area is 161 Å². The summed E-state index contributed by atoms with van der Waals surface area (Å²) in [5.74, 6) is -0.855. The first-order valence-corrected chi connectivity index (χ1v) is 9.58. The molecule has 0 atom stereocenters. The first-order chi connectivity index (χ1) is 12.6. The zero-order chi connectivity index (χ0) is 20.2. The van der Waals surface area contributed by atoms with Gasteiger partial charge in [-0.3, -0.25) is 19.2 Å². The van der Waals surface area contributed by atoms with Crippen LogP contribution in [0.2, 0.25) is 0 Å². The molecular weight excluding hydrogens is 346 g/mol. The number of morpholine rings is 1. The number of aromatic nitrogens is 2. The number of carbonyl (C=O) groups is 2. The number of anilines is 1. The van der Waals surface area contributed by atoms with Gasteiger partial charge in [0.25, 0.3) is 0 Å². The van der Waals surface area contributed by atoms with Crippen LogP contribution in [-0.2, 0) is 20.9 Å². The summed E-state index contributed by atoms with van der Waals surface area (Å²) in [6, 6.07) is 0. The molecule has 2 heterocycles. The maximum absolute atomic E-state index is 12.3. The molecule has 0 radical (unpaired) electrons. The molecule has 1 aromatic heterocycles. The molecule has 0 saturated carbocycles. The van der Waals surface area contributed by atoms with Crippen LogP contribution in [0.5, 0.6) is 0 Å². The number of ether oxygens (including phenoxy) is 1. The summed E-state index contributed by atoms with van der Waals surface area (Å²) in [4.78, 5) is 26.9. The molecule has 0 aliphatic carbocycles. The highest BCUT2D eigenvalue weighted by molar-refractivity contribution is 6.39. The zero-order valence-electron chi connectivity index (χ0n) is 17.4. The third-order valence-corrected chi connectivity index (χ3v) is 4.91. The second-order valence-electron chi connectivity index (χ2n) is 8.17. The van der Waals surface area contributed by atoms with E-state index >= 15 is 0 Å². The highest BCUT2D eigenvalue weighted by Gasteiger charge is 2.29. The van der Waals surface area contributed by atoms with Crippen LogP contribution in [0.3, 0.4) is 0 Å². The molecule has 1 fully saturated rings. The second kappa shape index (κ2) is 8.84. The Morgan fingerprint density at radius 3 is 2.41 bits per heavy atom. The van der Waals surface area contributed by atoms with Crippen molar-refractivity contribution in [1.29, 1.82) is 0 Å². The van der Waals surface area contributed by atoms with E-state index in [1.807, 2.05) is 18.5 Å². The van der Waals surface area contributed by atoms with Crippen LogP contribution in [0.1, 0.15) is 39.1 Å². The number of nitrogens with zero attached hydrogens (tertiary/aromatic N) is 3. The average molecular weight is 380 g/mol. The van der Waals surface area contributed by atoms with Gasteiger partial charge in [-0.2, -0.15) is 5.10 Å². The van der Waals surface area contributed by atoms with E-state index in [-0.39, 0.29) is 5.54 Å². The van der Waals surface area contributed by atoms with Crippen molar-refractivity contribution in [2.24, 2.45) is 5.92 Å². The fraction of sp³-hybridized carbons (Fsp3) is 0.737. The van der Waals surface area contributed by atoms with Crippen LogP contribution in [0.15, 0.2) is 0 Å². The van der Waals surface area contributed by atoms with E-state index in [2.05, 4.69) is 48.3 Å². The molecule has 8 heteroatoms. The predicted molar refractivity (Wildman–Crippen MR) is 105 cm³/mol. The third kappa shape index (κ3) is 5.52. The largest absolute Gasteiger partial charge is 0.379 e. The standard InChI is InChI=1S/C19H33N5O3/c1-13(2)11-24-15(4)16(14(3)22-24)21-18(26)17(25)20-12-19(5,6)23-7-9-27-10-8-23/h13H,7-12H2,1-6H3,(H,20,25)(H,21,26). The lowest BCUT2D eigenvalue weighted by Crippen LogP contribution is -2.56. The van der Waals surface area contributed by atoms with Crippen molar-refractivity contribution < 1.29 is 14.3 Å². The summed E-state index contributed by atoms with van der Waals surface area (Å²) in [6.45, 7) is 16.2. The van der Waals surface area contributed by atoms with E-state index in [4.69, 9.17) is 4.74 Å². The topological polar surface area (TPSA) is 88.5 Å². The van der Waals surface area contributed by atoms with E-state index < -0.39 is 11.8 Å². The Hall–Kier alpha value is -1.93. The van der Waals surface area contributed by atoms with Gasteiger partial charge in [0.2, 0.25) is 0 Å². The van der Waals surface area contributed by atoms with Gasteiger partial charge in [0.15, 0.2) is 0 Å². The summed E-state index contributed by atoms with van der Waals surface area (Å²) in [5, 5.41) is 9.94. The molecule has 0 unspecified atom stereocenters. The Bertz CT molecular complexity index is 675. The monoisotopic (exact) mass is 379 g/mol. The van der Waals surface area contributed by atoms with Crippen LogP contribution in [0.4, 0.5) is 5.69 Å². The van der Waals surface area contributed by atoms with Crippen molar-refractivity contribution in [2.75, 3.05) is 38.2 Å². The molecule has 1 aliphatic rings. The van der Waals surface area contributed by atoms with Gasteiger partial charge in [0.1, 0.15) is 0 Å². The highest BCUT2D eigenvalue weighted by atomic mass is 16.5. The molecule has 2 rings (SSSR count). The summed E-state index contributed by atoms with van der Waals surface area (Å²) in [6.07, 6.45) is 0. The minimum atomic E-state index is -0.664. The maximum Gasteiger partial charge on any atom is 0.313 e. The van der Waals surface area contributed by atoms with E-state index in [0.717, 1.165) is 25.3 Å². The number of hydrogen-bond donors (Lipinski definition) is 2. The van der Waals surface area contributed by atoms with Crippen molar-refractivity contribution in [3.05, 3.63) is 11.4 Å². The molecule has 0 spiro atoms. The molecule has 0 aromatic carbocycles. The van der Waals surface area contributed by atoms with Crippen molar-refractivity contribution in [3.63, 3.8) is 0 Å². The molecule has 8 nitrogen and oxygen atoms in total. The third-order valence-electron chi connectivity index (χ3n) is 4.91. The Morgan fingerprint density at radius 1 is 1.19 bits per heavy atom. The SMILES string of the molecule is Cc1nn(CC(C)C)c(C)c1NC(=O)C(=O)NCC(C)(C)N1CCOCC1. The normalized spacial score (nSPS) is 15.8. The van der Waals surface area contributed by atoms with Crippen molar-refractivity contribution >= 4 is 17.5 Å². The first kappa shape index (κ1) is 21.4. The quantitative estimate of drug-likeness (QED) is 0.728. The summed E-state index contributed by atoms with van der Waals surface area (Å²) in [7, 11) is 0. The van der Waals surface area contributed by atoms with Gasteiger partial charge in [-0.05, 0) is 33.6 Å². The maximum atomic E-state index is 12.3. The van der Waals surface area contributed by atoms with Crippen molar-refractivity contribution in [2.45, 2.75) is 53.6 Å². The van der Waals surface area contributed by atoms with E-state index in [0.29, 0.717) is 37.1 Å². The van der Waals surface area contributed by atoms with E-state index in [1.165, 1.54) is 0 Å². The Kier molecular flexibility index (Phi) is 7.00. The van der Waals surface area contributed by atoms with Gasteiger partial charge in [0.05, 0.1) is 30.3 Å². The van der Waals surface area contributed by atoms with Crippen molar-refractivity contribution in [3.8, 4) is 0 Å². The lowest BCUT2D eigenvalue weighted by molar-refractivity contribution is -0.136. The second-order valence-corrected chi connectivity index (χ2v) is 8.17. The Morgan fingerprint density at radius 2 is 1.81 bits per heavy atom. The van der Waals surface area contributed by atoms with Crippen LogP contribution in [0, 0.1) is 19.8 Å². The molecule has 0 bridgehead atoms. The summed E-state index contributed by atoms with van der Waals surface area (Å²) >= 11 is 0. The lowest BCUT2D eigenvalue weighted by atomic mass is 10.0.